The number of fused-ring (bicyclic) bond motifs is 1. The van der Waals surface area contributed by atoms with Gasteiger partial charge in [0.2, 0.25) is 5.91 Å². The number of ether oxygens (including phenoxy) is 1. The van der Waals surface area contributed by atoms with E-state index in [2.05, 4.69) is 68.8 Å². The third-order valence-corrected chi connectivity index (χ3v) is 8.79. The molecule has 1 aliphatic heterocycles. The van der Waals surface area contributed by atoms with Crippen LogP contribution in [0.4, 0.5) is 4.79 Å². The molecule has 1 saturated carbocycles. The molecule has 0 unspecified atom stereocenters. The van der Waals surface area contributed by atoms with E-state index in [1.54, 1.807) is 0 Å². The Kier molecular flexibility index (Phi) is 7.56. The lowest BCUT2D eigenvalue weighted by Gasteiger charge is -2.30. The average molecular weight is 554 g/mol. The van der Waals surface area contributed by atoms with Gasteiger partial charge in [-0.15, -0.1) is 0 Å². The van der Waals surface area contributed by atoms with E-state index in [0.29, 0.717) is 12.5 Å². The number of alkyl carbamates (subject to hydrolysis) is 1. The van der Waals surface area contributed by atoms with Gasteiger partial charge in [0.05, 0.1) is 25.0 Å². The summed E-state index contributed by atoms with van der Waals surface area (Å²) in [6, 6.07) is 16.6. The normalized spacial score (nSPS) is 18.3. The molecule has 4 aromatic rings. The van der Waals surface area contributed by atoms with Gasteiger partial charge in [-0.05, 0) is 72.2 Å². The predicted molar refractivity (Wildman–Crippen MR) is 160 cm³/mol. The lowest BCUT2D eigenvalue weighted by molar-refractivity contribution is -0.135. The highest BCUT2D eigenvalue weighted by molar-refractivity contribution is 5.90. The largest absolute Gasteiger partial charge is 0.453 e. The van der Waals surface area contributed by atoms with Gasteiger partial charge in [-0.1, -0.05) is 51.0 Å². The van der Waals surface area contributed by atoms with Crippen molar-refractivity contribution in [3.63, 3.8) is 0 Å². The number of nitrogens with one attached hydrogen (secondary N) is 3. The molecule has 2 aromatic heterocycles. The van der Waals surface area contributed by atoms with E-state index in [0.717, 1.165) is 46.9 Å². The Labute approximate surface area is 240 Å². The van der Waals surface area contributed by atoms with E-state index in [4.69, 9.17) is 4.74 Å². The van der Waals surface area contributed by atoms with E-state index < -0.39 is 12.1 Å². The summed E-state index contributed by atoms with van der Waals surface area (Å²) in [4.78, 5) is 39.1. The molecule has 8 heteroatoms. The minimum Gasteiger partial charge on any atom is -0.453 e. The lowest BCUT2D eigenvalue weighted by atomic mass is 10.0. The first-order valence-corrected chi connectivity index (χ1v) is 14.8. The van der Waals surface area contributed by atoms with Crippen LogP contribution in [0.1, 0.15) is 75.9 Å². The summed E-state index contributed by atoms with van der Waals surface area (Å²) in [7, 11) is 1.31. The second kappa shape index (κ2) is 11.4. The van der Waals surface area contributed by atoms with Crippen molar-refractivity contribution in [3.8, 4) is 22.5 Å². The van der Waals surface area contributed by atoms with Gasteiger partial charge in [0, 0.05) is 29.4 Å². The highest BCUT2D eigenvalue weighted by Crippen LogP contribution is 2.36. The van der Waals surface area contributed by atoms with E-state index in [1.807, 2.05) is 24.9 Å². The summed E-state index contributed by atoms with van der Waals surface area (Å²) in [5, 5.41) is 5.07. The van der Waals surface area contributed by atoms with Crippen LogP contribution >= 0.6 is 0 Å². The highest BCUT2D eigenvalue weighted by atomic mass is 16.5. The van der Waals surface area contributed by atoms with Crippen molar-refractivity contribution >= 4 is 22.8 Å². The topological polar surface area (TPSA) is 103 Å². The fourth-order valence-electron chi connectivity index (χ4n) is 6.48. The molecular weight excluding hydrogens is 514 g/mol. The van der Waals surface area contributed by atoms with Crippen LogP contribution in [0.15, 0.2) is 54.7 Å². The molecule has 2 fully saturated rings. The number of nitrogens with zero attached hydrogens (tertiary/aromatic N) is 2. The zero-order chi connectivity index (χ0) is 28.5. The Hall–Kier alpha value is -4.07. The van der Waals surface area contributed by atoms with E-state index in [-0.39, 0.29) is 17.9 Å². The molecule has 2 atom stereocenters. The molecule has 0 spiro atoms. The number of amides is 2. The molecule has 1 saturated heterocycles. The molecule has 2 aliphatic rings. The smallest absolute Gasteiger partial charge is 0.407 e. The number of hydrogen-bond acceptors (Lipinski definition) is 4. The van der Waals surface area contributed by atoms with Gasteiger partial charge in [-0.3, -0.25) is 4.79 Å². The second-order valence-corrected chi connectivity index (χ2v) is 11.8. The van der Waals surface area contributed by atoms with Crippen LogP contribution in [0.3, 0.4) is 0 Å². The first-order chi connectivity index (χ1) is 19.9. The van der Waals surface area contributed by atoms with Crippen molar-refractivity contribution in [3.05, 3.63) is 66.2 Å². The van der Waals surface area contributed by atoms with Crippen molar-refractivity contribution in [1.29, 1.82) is 0 Å². The summed E-state index contributed by atoms with van der Waals surface area (Å²) in [6.07, 6.45) is 8.24. The van der Waals surface area contributed by atoms with Crippen LogP contribution < -0.4 is 5.32 Å². The number of benzene rings is 2. The van der Waals surface area contributed by atoms with Gasteiger partial charge in [0.15, 0.2) is 0 Å². The fraction of sp³-hybridized carbons (Fsp3) is 0.424. The Morgan fingerprint density at radius 3 is 2.32 bits per heavy atom. The van der Waals surface area contributed by atoms with Crippen molar-refractivity contribution in [2.24, 2.45) is 5.92 Å². The number of aromatic nitrogens is 3. The van der Waals surface area contributed by atoms with Crippen LogP contribution in [-0.4, -0.2) is 51.5 Å². The van der Waals surface area contributed by atoms with Gasteiger partial charge >= 0.3 is 6.09 Å². The van der Waals surface area contributed by atoms with Crippen LogP contribution in [0.5, 0.6) is 0 Å². The Morgan fingerprint density at radius 2 is 1.63 bits per heavy atom. The molecule has 8 nitrogen and oxygen atoms in total. The van der Waals surface area contributed by atoms with Crippen molar-refractivity contribution in [1.82, 2.24) is 25.2 Å². The molecule has 6 rings (SSSR count). The number of rotatable bonds is 7. The lowest BCUT2D eigenvalue weighted by Crippen LogP contribution is -2.51. The average Bonchev–Trinajstić information content (AvgIpc) is 3.80. The number of likely N-dealkylation sites (tertiary alicyclic amines) is 1. The number of carbonyl (C=O) groups excluding carboxylic acids is 2. The number of imidazole rings is 1. The van der Waals surface area contributed by atoms with Gasteiger partial charge in [0.1, 0.15) is 11.9 Å². The SMILES string of the molecule is COC(=O)N[C@H](C(=O)N1CCC[C@H]1c1ccc(-c2ccc3cc(-c4cnc(C5CCCC5)[nH]4)ccc3c2)[nH]1)C(C)C. The summed E-state index contributed by atoms with van der Waals surface area (Å²) < 4.78 is 4.76. The standard InChI is InChI=1S/C33H39N5O3/c1-20(2)30(37-33(40)41-3)32(39)38-16-6-9-29(38)27-15-14-26(35-27)24-12-10-23-18-25(13-11-22(23)17-24)28-19-34-31(36-28)21-7-4-5-8-21/h10-15,17-21,29-30,35H,4-9,16H2,1-3H3,(H,34,36)(H,37,40)/t29-,30-/m0/s1. The Balaban J connectivity index is 1.20. The van der Waals surface area contributed by atoms with Crippen molar-refractivity contribution in [2.45, 2.75) is 70.4 Å². The summed E-state index contributed by atoms with van der Waals surface area (Å²) >= 11 is 0. The molecular formula is C33H39N5O3. The van der Waals surface area contributed by atoms with Gasteiger partial charge in [-0.25, -0.2) is 9.78 Å². The molecule has 1 aliphatic carbocycles. The number of methoxy groups -OCH3 is 1. The highest BCUT2D eigenvalue weighted by Gasteiger charge is 2.36. The van der Waals surface area contributed by atoms with Gasteiger partial charge in [-0.2, -0.15) is 0 Å². The Morgan fingerprint density at radius 1 is 0.927 bits per heavy atom. The molecule has 2 aromatic carbocycles. The monoisotopic (exact) mass is 553 g/mol. The fourth-order valence-corrected chi connectivity index (χ4v) is 6.48. The third kappa shape index (κ3) is 5.47. The minimum atomic E-state index is -0.626. The number of H-pyrrole nitrogens is 2. The number of carbonyl (C=O) groups is 2. The van der Waals surface area contributed by atoms with Gasteiger partial charge < -0.3 is 24.9 Å². The van der Waals surface area contributed by atoms with E-state index in [9.17, 15) is 9.59 Å². The van der Waals surface area contributed by atoms with Crippen LogP contribution in [0, 0.1) is 5.92 Å². The molecule has 214 valence electrons. The summed E-state index contributed by atoms with van der Waals surface area (Å²) in [6.45, 7) is 4.53. The first-order valence-electron chi connectivity index (χ1n) is 14.8. The third-order valence-electron chi connectivity index (χ3n) is 8.79. The quantitative estimate of drug-likeness (QED) is 0.231. The van der Waals surface area contributed by atoms with E-state index >= 15 is 0 Å². The van der Waals surface area contributed by atoms with Crippen molar-refractivity contribution in [2.75, 3.05) is 13.7 Å². The summed E-state index contributed by atoms with van der Waals surface area (Å²) in [5.41, 5.74) is 5.36. The summed E-state index contributed by atoms with van der Waals surface area (Å²) in [5.74, 6) is 1.57. The molecule has 2 amide bonds. The van der Waals surface area contributed by atoms with Crippen LogP contribution in [0.25, 0.3) is 33.3 Å². The number of hydrogen-bond donors (Lipinski definition) is 3. The molecule has 0 bridgehead atoms. The number of aromatic amines is 2. The zero-order valence-electron chi connectivity index (χ0n) is 24.1. The second-order valence-electron chi connectivity index (χ2n) is 11.8. The molecule has 3 N–H and O–H groups in total. The minimum absolute atomic E-state index is 0.0523. The molecule has 41 heavy (non-hydrogen) atoms. The Bertz CT molecular complexity index is 1550. The zero-order valence-corrected chi connectivity index (χ0v) is 24.1. The molecule has 3 heterocycles. The molecule has 0 radical (unpaired) electrons. The van der Waals surface area contributed by atoms with E-state index in [1.165, 1.54) is 43.6 Å². The predicted octanol–water partition coefficient (Wildman–Crippen LogP) is 6.93. The maximum absolute atomic E-state index is 13.5. The maximum atomic E-state index is 13.5. The van der Waals surface area contributed by atoms with Gasteiger partial charge in [0.25, 0.3) is 0 Å². The van der Waals surface area contributed by atoms with Crippen LogP contribution in [-0.2, 0) is 9.53 Å². The van der Waals surface area contributed by atoms with Crippen molar-refractivity contribution < 1.29 is 14.3 Å². The first kappa shape index (κ1) is 27.1. The van der Waals surface area contributed by atoms with Crippen LogP contribution in [0.2, 0.25) is 0 Å². The maximum Gasteiger partial charge on any atom is 0.407 e.